The van der Waals surface area contributed by atoms with E-state index in [-0.39, 0.29) is 10.6 Å². The van der Waals surface area contributed by atoms with Crippen LogP contribution in [-0.2, 0) is 14.8 Å². The molecule has 0 aromatic heterocycles. The number of hydrogen-bond donors (Lipinski definition) is 1. The van der Waals surface area contributed by atoms with Gasteiger partial charge in [-0.1, -0.05) is 35.9 Å². The molecule has 8 nitrogen and oxygen atoms in total. The number of halogens is 1. The molecule has 1 amide bonds. The molecule has 0 unspecified atom stereocenters. The van der Waals surface area contributed by atoms with Crippen LogP contribution in [0.1, 0.15) is 11.1 Å². The molecule has 3 rings (SSSR count). The first-order valence-corrected chi connectivity index (χ1v) is 12.9. The minimum absolute atomic E-state index is 0.0659. The fourth-order valence-electron chi connectivity index (χ4n) is 3.28. The number of hydrazone groups is 1. The van der Waals surface area contributed by atoms with Gasteiger partial charge in [0.15, 0.2) is 0 Å². The summed E-state index contributed by atoms with van der Waals surface area (Å²) in [5, 5.41) is 4.00. The van der Waals surface area contributed by atoms with Gasteiger partial charge < -0.3 is 9.64 Å². The number of rotatable bonds is 9. The maximum absolute atomic E-state index is 13.5. The van der Waals surface area contributed by atoms with Crippen LogP contribution >= 0.6 is 15.9 Å². The van der Waals surface area contributed by atoms with Crippen molar-refractivity contribution in [3.05, 3.63) is 82.3 Å². The Bertz CT molecular complexity index is 1330. The van der Waals surface area contributed by atoms with E-state index in [0.717, 1.165) is 25.6 Å². The van der Waals surface area contributed by atoms with Gasteiger partial charge in [-0.05, 0) is 64.8 Å². The molecule has 184 valence electrons. The second-order valence-corrected chi connectivity index (χ2v) is 10.6. The predicted octanol–water partition coefficient (Wildman–Crippen LogP) is 4.18. The van der Waals surface area contributed by atoms with E-state index in [0.29, 0.717) is 5.75 Å². The Morgan fingerprint density at radius 1 is 1.06 bits per heavy atom. The molecular weight excluding hydrogens is 532 g/mol. The van der Waals surface area contributed by atoms with Crippen molar-refractivity contribution >= 4 is 49.4 Å². The first-order valence-electron chi connectivity index (χ1n) is 10.6. The average molecular weight is 559 g/mol. The molecular formula is C25H27BrN4O4S. The lowest BCUT2D eigenvalue weighted by atomic mass is 10.2. The highest BCUT2D eigenvalue weighted by Gasteiger charge is 2.29. The third-order valence-corrected chi connectivity index (χ3v) is 7.52. The van der Waals surface area contributed by atoms with Gasteiger partial charge in [-0.3, -0.25) is 9.10 Å². The number of carbonyl (C=O) groups excluding carboxylic acids is 1. The number of ether oxygens (including phenoxy) is 1. The molecule has 10 heteroatoms. The van der Waals surface area contributed by atoms with Crippen molar-refractivity contribution in [2.75, 3.05) is 37.0 Å². The van der Waals surface area contributed by atoms with Gasteiger partial charge in [0.1, 0.15) is 12.3 Å². The molecule has 0 saturated heterocycles. The predicted molar refractivity (Wildman–Crippen MR) is 143 cm³/mol. The fourth-order valence-corrected chi connectivity index (χ4v) is 5.47. The van der Waals surface area contributed by atoms with E-state index in [2.05, 4.69) is 26.5 Å². The molecule has 0 saturated carbocycles. The molecule has 0 bridgehead atoms. The minimum atomic E-state index is -4.06. The largest absolute Gasteiger partial charge is 0.495 e. The number of carbonyl (C=O) groups is 1. The average Bonchev–Trinajstić information content (AvgIpc) is 2.82. The number of nitrogens with zero attached hydrogens (tertiary/aromatic N) is 3. The maximum atomic E-state index is 13.5. The third-order valence-electron chi connectivity index (χ3n) is 5.11. The summed E-state index contributed by atoms with van der Waals surface area (Å²) in [6.45, 7) is 1.38. The number of aryl methyl sites for hydroxylation is 1. The van der Waals surface area contributed by atoms with Gasteiger partial charge in [-0.2, -0.15) is 5.10 Å². The van der Waals surface area contributed by atoms with Gasteiger partial charge in [0, 0.05) is 18.6 Å². The highest BCUT2D eigenvalue weighted by atomic mass is 79.9. The summed E-state index contributed by atoms with van der Waals surface area (Å²) in [7, 11) is 1.25. The fraction of sp³-hybridized carbons (Fsp3) is 0.200. The van der Waals surface area contributed by atoms with Crippen LogP contribution in [-0.4, -0.2) is 48.3 Å². The topological polar surface area (TPSA) is 91.3 Å². The Hall–Kier alpha value is -3.37. The third kappa shape index (κ3) is 6.40. The number of benzene rings is 3. The van der Waals surface area contributed by atoms with Crippen LogP contribution < -0.4 is 19.4 Å². The summed E-state index contributed by atoms with van der Waals surface area (Å²) >= 11 is 3.51. The van der Waals surface area contributed by atoms with Crippen molar-refractivity contribution in [2.24, 2.45) is 5.10 Å². The van der Waals surface area contributed by atoms with E-state index >= 15 is 0 Å². The molecule has 1 N–H and O–H groups in total. The lowest BCUT2D eigenvalue weighted by Crippen LogP contribution is -2.39. The second kappa shape index (κ2) is 11.4. The van der Waals surface area contributed by atoms with Crippen LogP contribution in [0, 0.1) is 6.92 Å². The Morgan fingerprint density at radius 3 is 2.37 bits per heavy atom. The number of nitrogens with one attached hydrogen (secondary N) is 1. The number of para-hydroxylation sites is 2. The molecule has 3 aromatic rings. The van der Waals surface area contributed by atoms with E-state index in [4.69, 9.17) is 4.74 Å². The van der Waals surface area contributed by atoms with Crippen molar-refractivity contribution in [1.82, 2.24) is 5.43 Å². The van der Waals surface area contributed by atoms with Crippen molar-refractivity contribution in [1.29, 1.82) is 0 Å². The van der Waals surface area contributed by atoms with Gasteiger partial charge in [0.2, 0.25) is 0 Å². The number of anilines is 2. The van der Waals surface area contributed by atoms with Crippen LogP contribution in [0.15, 0.2) is 81.2 Å². The minimum Gasteiger partial charge on any atom is -0.495 e. The number of sulfonamides is 1. The molecule has 0 spiro atoms. The zero-order chi connectivity index (χ0) is 25.6. The summed E-state index contributed by atoms with van der Waals surface area (Å²) in [5.74, 6) is -0.280. The van der Waals surface area contributed by atoms with Gasteiger partial charge >= 0.3 is 0 Å². The number of methoxy groups -OCH3 is 1. The molecule has 0 heterocycles. The quantitative estimate of drug-likeness (QED) is 0.314. The van der Waals surface area contributed by atoms with E-state index in [9.17, 15) is 13.2 Å². The van der Waals surface area contributed by atoms with Crippen LogP contribution in [0.2, 0.25) is 0 Å². The van der Waals surface area contributed by atoms with Crippen molar-refractivity contribution in [2.45, 2.75) is 11.8 Å². The highest BCUT2D eigenvalue weighted by molar-refractivity contribution is 9.10. The van der Waals surface area contributed by atoms with Gasteiger partial charge in [0.05, 0.1) is 29.6 Å². The molecule has 0 atom stereocenters. The van der Waals surface area contributed by atoms with E-state index in [1.54, 1.807) is 36.4 Å². The van der Waals surface area contributed by atoms with Crippen LogP contribution in [0.5, 0.6) is 5.75 Å². The van der Waals surface area contributed by atoms with Crippen LogP contribution in [0.4, 0.5) is 11.4 Å². The molecule has 0 fully saturated rings. The van der Waals surface area contributed by atoms with Gasteiger partial charge in [0.25, 0.3) is 15.9 Å². The molecule has 0 radical (unpaired) electrons. The van der Waals surface area contributed by atoms with Gasteiger partial charge in [-0.15, -0.1) is 0 Å². The number of amides is 1. The smallest absolute Gasteiger partial charge is 0.264 e. The first kappa shape index (κ1) is 26.2. The molecule has 35 heavy (non-hydrogen) atoms. The summed E-state index contributed by atoms with van der Waals surface area (Å²) < 4.78 is 34.3. The zero-order valence-corrected chi connectivity index (χ0v) is 22.3. The molecule has 3 aromatic carbocycles. The standard InChI is InChI=1S/C25H27BrN4O4S/c1-18-9-12-20(13-10-18)35(32,33)30(23-7-5-6-8-24(23)34-4)17-25(31)28-27-16-19-11-14-22(29(2)3)21(26)15-19/h5-16H,17H2,1-4H3,(H,28,31)/b27-16-. The lowest BCUT2D eigenvalue weighted by Gasteiger charge is -2.25. The Morgan fingerprint density at radius 2 is 1.74 bits per heavy atom. The molecule has 0 aliphatic rings. The molecule has 0 aliphatic heterocycles. The lowest BCUT2D eigenvalue weighted by molar-refractivity contribution is -0.119. The summed E-state index contributed by atoms with van der Waals surface area (Å²) in [6, 6.07) is 18.7. The van der Waals surface area contributed by atoms with Crippen molar-refractivity contribution in [3.63, 3.8) is 0 Å². The van der Waals surface area contributed by atoms with Gasteiger partial charge in [-0.25, -0.2) is 13.8 Å². The van der Waals surface area contributed by atoms with E-state index in [1.165, 1.54) is 25.5 Å². The second-order valence-electron chi connectivity index (χ2n) is 7.90. The monoisotopic (exact) mass is 558 g/mol. The highest BCUT2D eigenvalue weighted by Crippen LogP contribution is 2.32. The normalized spacial score (nSPS) is 11.3. The van der Waals surface area contributed by atoms with Crippen molar-refractivity contribution in [3.8, 4) is 5.75 Å². The Balaban J connectivity index is 1.85. The van der Waals surface area contributed by atoms with Crippen molar-refractivity contribution < 1.29 is 17.9 Å². The van der Waals surface area contributed by atoms with Crippen LogP contribution in [0.25, 0.3) is 0 Å². The zero-order valence-electron chi connectivity index (χ0n) is 19.9. The Kier molecular flexibility index (Phi) is 8.52. The summed E-state index contributed by atoms with van der Waals surface area (Å²) in [4.78, 5) is 14.8. The van der Waals surface area contributed by atoms with Crippen LogP contribution in [0.3, 0.4) is 0 Å². The number of hydrogen-bond acceptors (Lipinski definition) is 6. The Labute approximate surface area is 214 Å². The SMILES string of the molecule is COc1ccccc1N(CC(=O)N/N=C\c1ccc(N(C)C)c(Br)c1)S(=O)(=O)c1ccc(C)cc1. The molecule has 0 aliphatic carbocycles. The van der Waals surface area contributed by atoms with E-state index < -0.39 is 22.5 Å². The van der Waals surface area contributed by atoms with E-state index in [1.807, 2.05) is 44.1 Å². The maximum Gasteiger partial charge on any atom is 0.264 e. The summed E-state index contributed by atoms with van der Waals surface area (Å²) in [6.07, 6.45) is 1.49. The first-order chi connectivity index (χ1) is 16.6. The summed E-state index contributed by atoms with van der Waals surface area (Å²) in [5.41, 5.74) is 5.35.